The van der Waals surface area contributed by atoms with Crippen LogP contribution in [0.5, 0.6) is 0 Å². The van der Waals surface area contributed by atoms with Crippen LogP contribution in [0.3, 0.4) is 0 Å². The largest absolute Gasteiger partial charge is 0.356 e. The molecule has 120 valence electrons. The molecular formula is C15H22ClN5O. The number of hydrogen-bond donors (Lipinski definition) is 1. The number of hydrogen-bond acceptors (Lipinski definition) is 6. The van der Waals surface area contributed by atoms with Crippen molar-refractivity contribution >= 4 is 18.2 Å². The maximum Gasteiger partial charge on any atom is 0.261 e. The zero-order valence-electron chi connectivity index (χ0n) is 13.0. The molecule has 0 radical (unpaired) electrons. The average Bonchev–Trinajstić information content (AvgIpc) is 3.18. The van der Waals surface area contributed by atoms with Gasteiger partial charge in [-0.15, -0.1) is 12.4 Å². The Morgan fingerprint density at radius 2 is 2.14 bits per heavy atom. The summed E-state index contributed by atoms with van der Waals surface area (Å²) in [5.41, 5.74) is 0.926. The Bertz CT molecular complexity index is 597. The molecule has 1 N–H and O–H groups in total. The van der Waals surface area contributed by atoms with Gasteiger partial charge in [0.2, 0.25) is 0 Å². The molecule has 1 fully saturated rings. The van der Waals surface area contributed by atoms with Crippen LogP contribution in [0.4, 0.5) is 5.82 Å². The summed E-state index contributed by atoms with van der Waals surface area (Å²) in [6, 6.07) is 4.23. The Labute approximate surface area is 136 Å². The van der Waals surface area contributed by atoms with E-state index in [1.807, 2.05) is 25.4 Å². The third kappa shape index (κ3) is 3.56. The molecule has 0 saturated carbocycles. The van der Waals surface area contributed by atoms with Crippen molar-refractivity contribution in [3.05, 3.63) is 24.2 Å². The Hall–Kier alpha value is -1.66. The van der Waals surface area contributed by atoms with Gasteiger partial charge in [-0.25, -0.2) is 4.98 Å². The zero-order chi connectivity index (χ0) is 14.7. The minimum absolute atomic E-state index is 0. The first-order valence-corrected chi connectivity index (χ1v) is 7.48. The van der Waals surface area contributed by atoms with E-state index in [9.17, 15) is 0 Å². The van der Waals surface area contributed by atoms with E-state index in [0.717, 1.165) is 36.7 Å². The molecule has 7 heteroatoms. The third-order valence-electron chi connectivity index (χ3n) is 3.87. The maximum absolute atomic E-state index is 5.44. The van der Waals surface area contributed by atoms with Gasteiger partial charge in [-0.1, -0.05) is 5.16 Å². The van der Waals surface area contributed by atoms with E-state index in [0.29, 0.717) is 11.9 Å². The molecule has 1 aliphatic heterocycles. The first kappa shape index (κ1) is 16.7. The van der Waals surface area contributed by atoms with Gasteiger partial charge in [0, 0.05) is 31.7 Å². The highest BCUT2D eigenvalue weighted by atomic mass is 35.5. The van der Waals surface area contributed by atoms with E-state index in [1.165, 1.54) is 12.8 Å². The average molecular weight is 324 g/mol. The number of anilines is 1. The standard InChI is InChI=1S/C15H21N5O.ClH/c1-11(16-2)10-13-18-15(21-19-13)12-6-5-7-17-14(12)20-8-3-4-9-20;/h5-7,11,16H,3-4,8-10H2,1-2H3;1H. The second kappa shape index (κ2) is 7.56. The van der Waals surface area contributed by atoms with Gasteiger partial charge in [0.1, 0.15) is 5.82 Å². The summed E-state index contributed by atoms with van der Waals surface area (Å²) in [4.78, 5) is 11.3. The number of halogens is 1. The molecule has 22 heavy (non-hydrogen) atoms. The minimum Gasteiger partial charge on any atom is -0.356 e. The smallest absolute Gasteiger partial charge is 0.261 e. The van der Waals surface area contributed by atoms with Crippen molar-refractivity contribution in [1.29, 1.82) is 0 Å². The highest BCUT2D eigenvalue weighted by Gasteiger charge is 2.21. The van der Waals surface area contributed by atoms with Crippen molar-refractivity contribution in [3.63, 3.8) is 0 Å². The van der Waals surface area contributed by atoms with Gasteiger partial charge in [-0.3, -0.25) is 0 Å². The summed E-state index contributed by atoms with van der Waals surface area (Å²) in [7, 11) is 1.93. The highest BCUT2D eigenvalue weighted by Crippen LogP contribution is 2.29. The SMILES string of the molecule is CNC(C)Cc1noc(-c2cccnc2N2CCCC2)n1.Cl. The molecule has 1 unspecified atom stereocenters. The summed E-state index contributed by atoms with van der Waals surface area (Å²) >= 11 is 0. The highest BCUT2D eigenvalue weighted by molar-refractivity contribution is 5.85. The summed E-state index contributed by atoms with van der Waals surface area (Å²) < 4.78 is 5.44. The number of pyridine rings is 1. The van der Waals surface area contributed by atoms with Crippen molar-refractivity contribution in [2.24, 2.45) is 0 Å². The Morgan fingerprint density at radius 3 is 2.86 bits per heavy atom. The van der Waals surface area contributed by atoms with Gasteiger partial charge in [0.15, 0.2) is 5.82 Å². The lowest BCUT2D eigenvalue weighted by Gasteiger charge is -2.18. The van der Waals surface area contributed by atoms with E-state index in [2.05, 4.69) is 32.3 Å². The molecule has 0 amide bonds. The van der Waals surface area contributed by atoms with Crippen molar-refractivity contribution in [2.75, 3.05) is 25.0 Å². The molecule has 3 heterocycles. The van der Waals surface area contributed by atoms with Crippen LogP contribution in [-0.4, -0.2) is 41.3 Å². The van der Waals surface area contributed by atoms with Crippen LogP contribution in [0.2, 0.25) is 0 Å². The maximum atomic E-state index is 5.44. The van der Waals surface area contributed by atoms with Crippen LogP contribution >= 0.6 is 12.4 Å². The second-order valence-electron chi connectivity index (χ2n) is 5.48. The molecule has 1 atom stereocenters. The summed E-state index contributed by atoms with van der Waals surface area (Å²) in [5, 5.41) is 7.25. The number of nitrogens with zero attached hydrogens (tertiary/aromatic N) is 4. The number of rotatable bonds is 5. The molecule has 3 rings (SSSR count). The molecule has 0 bridgehead atoms. The molecule has 0 aliphatic carbocycles. The Morgan fingerprint density at radius 1 is 1.36 bits per heavy atom. The summed E-state index contributed by atoms with van der Waals surface area (Å²) in [6.07, 6.45) is 4.99. The molecular weight excluding hydrogens is 302 g/mol. The van der Waals surface area contributed by atoms with Gasteiger partial charge >= 0.3 is 0 Å². The predicted molar refractivity (Wildman–Crippen MR) is 88.4 cm³/mol. The van der Waals surface area contributed by atoms with Gasteiger partial charge in [-0.05, 0) is 38.9 Å². The fourth-order valence-electron chi connectivity index (χ4n) is 2.57. The predicted octanol–water partition coefficient (Wildman–Crippen LogP) is 2.30. The zero-order valence-corrected chi connectivity index (χ0v) is 13.8. The van der Waals surface area contributed by atoms with E-state index >= 15 is 0 Å². The lowest BCUT2D eigenvalue weighted by molar-refractivity contribution is 0.418. The lowest BCUT2D eigenvalue weighted by Crippen LogP contribution is -2.24. The molecule has 1 saturated heterocycles. The molecule has 2 aromatic rings. The molecule has 2 aromatic heterocycles. The normalized spacial score (nSPS) is 15.6. The quantitative estimate of drug-likeness (QED) is 0.910. The fraction of sp³-hybridized carbons (Fsp3) is 0.533. The summed E-state index contributed by atoms with van der Waals surface area (Å²) in [5.74, 6) is 2.23. The van der Waals surface area contributed by atoms with Crippen LogP contribution in [0.15, 0.2) is 22.9 Å². The van der Waals surface area contributed by atoms with Gasteiger partial charge in [0.05, 0.1) is 5.56 Å². The fourth-order valence-corrected chi connectivity index (χ4v) is 2.57. The molecule has 1 aliphatic rings. The van der Waals surface area contributed by atoms with E-state index in [-0.39, 0.29) is 12.4 Å². The van der Waals surface area contributed by atoms with Crippen molar-refractivity contribution in [2.45, 2.75) is 32.2 Å². The topological polar surface area (TPSA) is 67.1 Å². The Kier molecular flexibility index (Phi) is 5.74. The van der Waals surface area contributed by atoms with Gasteiger partial charge in [-0.2, -0.15) is 4.98 Å². The lowest BCUT2D eigenvalue weighted by atomic mass is 10.2. The van der Waals surface area contributed by atoms with E-state index < -0.39 is 0 Å². The van der Waals surface area contributed by atoms with Crippen molar-refractivity contribution < 1.29 is 4.52 Å². The second-order valence-corrected chi connectivity index (χ2v) is 5.48. The minimum atomic E-state index is 0. The van der Waals surface area contributed by atoms with E-state index in [4.69, 9.17) is 4.52 Å². The molecule has 0 aromatic carbocycles. The molecule has 6 nitrogen and oxygen atoms in total. The van der Waals surface area contributed by atoms with Crippen LogP contribution in [0.1, 0.15) is 25.6 Å². The van der Waals surface area contributed by atoms with Crippen molar-refractivity contribution in [1.82, 2.24) is 20.4 Å². The van der Waals surface area contributed by atoms with Crippen LogP contribution in [0, 0.1) is 0 Å². The number of likely N-dealkylation sites (N-methyl/N-ethyl adjacent to an activating group) is 1. The summed E-state index contributed by atoms with van der Waals surface area (Å²) in [6.45, 7) is 4.18. The van der Waals surface area contributed by atoms with Crippen LogP contribution in [-0.2, 0) is 6.42 Å². The molecule has 0 spiro atoms. The third-order valence-corrected chi connectivity index (χ3v) is 3.87. The van der Waals surface area contributed by atoms with Gasteiger partial charge in [0.25, 0.3) is 5.89 Å². The first-order chi connectivity index (χ1) is 10.3. The monoisotopic (exact) mass is 323 g/mol. The van der Waals surface area contributed by atoms with Crippen LogP contribution < -0.4 is 10.2 Å². The Balaban J connectivity index is 0.00000176. The van der Waals surface area contributed by atoms with Gasteiger partial charge < -0.3 is 14.7 Å². The van der Waals surface area contributed by atoms with E-state index in [1.54, 1.807) is 0 Å². The number of aromatic nitrogens is 3. The van der Waals surface area contributed by atoms with Crippen LogP contribution in [0.25, 0.3) is 11.5 Å². The van der Waals surface area contributed by atoms with Crippen molar-refractivity contribution in [3.8, 4) is 11.5 Å². The first-order valence-electron chi connectivity index (χ1n) is 7.48. The number of nitrogens with one attached hydrogen (secondary N) is 1.